The van der Waals surface area contributed by atoms with E-state index in [1.807, 2.05) is 0 Å². The van der Waals surface area contributed by atoms with Crippen LogP contribution in [0.2, 0.25) is 0 Å². The van der Waals surface area contributed by atoms with Crippen LogP contribution in [-0.4, -0.2) is 54.7 Å². The number of rotatable bonds is 6. The number of aromatic nitrogens is 2. The van der Waals surface area contributed by atoms with E-state index in [1.165, 1.54) is 25.7 Å². The van der Waals surface area contributed by atoms with E-state index in [0.717, 1.165) is 19.5 Å². The van der Waals surface area contributed by atoms with Gasteiger partial charge in [-0.1, -0.05) is 31.5 Å². The fraction of sp³-hybridized carbons (Fsp3) is 0.545. The van der Waals surface area contributed by atoms with Gasteiger partial charge in [-0.15, -0.1) is 0 Å². The summed E-state index contributed by atoms with van der Waals surface area (Å²) in [5.41, 5.74) is 2.04. The number of nitrogens with one attached hydrogen (secondary N) is 1. The first-order valence-corrected chi connectivity index (χ1v) is 12.5. The highest BCUT2D eigenvalue weighted by Crippen LogP contribution is 2.38. The van der Waals surface area contributed by atoms with Crippen molar-refractivity contribution in [3.63, 3.8) is 0 Å². The number of sulfone groups is 1. The molecule has 1 aromatic heterocycles. The molecule has 8 heteroatoms. The zero-order chi connectivity index (χ0) is 21.3. The predicted molar refractivity (Wildman–Crippen MR) is 116 cm³/mol. The van der Waals surface area contributed by atoms with Crippen LogP contribution in [0.25, 0.3) is 11.3 Å². The molecule has 0 unspecified atom stereocenters. The fourth-order valence-electron chi connectivity index (χ4n) is 4.81. The van der Waals surface area contributed by atoms with Crippen LogP contribution < -0.4 is 5.32 Å². The van der Waals surface area contributed by atoms with Crippen molar-refractivity contribution >= 4 is 15.7 Å². The van der Waals surface area contributed by atoms with Crippen LogP contribution in [0.3, 0.4) is 0 Å². The molecule has 2 aliphatic rings. The zero-order valence-electron chi connectivity index (χ0n) is 17.7. The summed E-state index contributed by atoms with van der Waals surface area (Å²) in [6.07, 6.45) is 5.86. The Morgan fingerprint density at radius 1 is 1.27 bits per heavy atom. The monoisotopic (exact) mass is 430 g/mol. The van der Waals surface area contributed by atoms with Crippen LogP contribution >= 0.6 is 0 Å². The normalized spacial score (nSPS) is 20.4. The summed E-state index contributed by atoms with van der Waals surface area (Å²) in [5, 5.41) is 7.33. The van der Waals surface area contributed by atoms with E-state index in [2.05, 4.69) is 22.2 Å². The summed E-state index contributed by atoms with van der Waals surface area (Å²) < 4.78 is 27.1. The van der Waals surface area contributed by atoms with Gasteiger partial charge in [0.2, 0.25) is 0 Å². The minimum atomic E-state index is -3.49. The van der Waals surface area contributed by atoms with E-state index in [0.29, 0.717) is 34.3 Å². The minimum Gasteiger partial charge on any atom is -0.351 e. The number of aryl methyl sites for hydroxylation is 1. The number of fused-ring (bicyclic) bond motifs is 3. The van der Waals surface area contributed by atoms with E-state index < -0.39 is 9.84 Å². The van der Waals surface area contributed by atoms with Crippen molar-refractivity contribution in [1.82, 2.24) is 20.0 Å². The summed E-state index contributed by atoms with van der Waals surface area (Å²) >= 11 is 0. The van der Waals surface area contributed by atoms with Crippen molar-refractivity contribution < 1.29 is 13.2 Å². The Bertz CT molecular complexity index is 1040. The Morgan fingerprint density at radius 3 is 2.87 bits per heavy atom. The van der Waals surface area contributed by atoms with Crippen molar-refractivity contribution in [2.45, 2.75) is 55.7 Å². The summed E-state index contributed by atoms with van der Waals surface area (Å²) in [5.74, 6) is -0.492. The Morgan fingerprint density at radius 2 is 2.07 bits per heavy atom. The maximum absolute atomic E-state index is 12.8. The highest BCUT2D eigenvalue weighted by Gasteiger charge is 2.34. The lowest BCUT2D eigenvalue weighted by molar-refractivity contribution is 0.0941. The lowest BCUT2D eigenvalue weighted by Crippen LogP contribution is -2.40. The van der Waals surface area contributed by atoms with E-state index in [1.54, 1.807) is 36.0 Å². The molecule has 30 heavy (non-hydrogen) atoms. The molecule has 2 aliphatic heterocycles. The molecule has 1 saturated heterocycles. The zero-order valence-corrected chi connectivity index (χ0v) is 18.5. The Balaban J connectivity index is 1.45. The van der Waals surface area contributed by atoms with Gasteiger partial charge in [0.05, 0.1) is 16.3 Å². The molecule has 1 aromatic carbocycles. The van der Waals surface area contributed by atoms with Gasteiger partial charge in [0, 0.05) is 37.3 Å². The number of benzene rings is 1. The molecule has 0 saturated carbocycles. The average molecular weight is 431 g/mol. The van der Waals surface area contributed by atoms with Gasteiger partial charge >= 0.3 is 0 Å². The van der Waals surface area contributed by atoms with Gasteiger partial charge in [0.25, 0.3) is 5.91 Å². The summed E-state index contributed by atoms with van der Waals surface area (Å²) in [6.45, 7) is 4.90. The molecule has 0 radical (unpaired) electrons. The third kappa shape index (κ3) is 3.90. The van der Waals surface area contributed by atoms with Crippen molar-refractivity contribution in [1.29, 1.82) is 0 Å². The number of amides is 1. The fourth-order valence-corrected chi connectivity index (χ4v) is 6.40. The second kappa shape index (κ2) is 8.51. The van der Waals surface area contributed by atoms with Crippen LogP contribution in [0.5, 0.6) is 0 Å². The maximum atomic E-state index is 12.8. The van der Waals surface area contributed by atoms with Crippen molar-refractivity contribution in [2.24, 2.45) is 7.05 Å². The number of carbonyl (C=O) groups excluding carboxylic acids is 1. The van der Waals surface area contributed by atoms with Gasteiger partial charge < -0.3 is 10.2 Å². The second-order valence-electron chi connectivity index (χ2n) is 8.26. The van der Waals surface area contributed by atoms with Crippen LogP contribution in [0.15, 0.2) is 29.2 Å². The first-order chi connectivity index (χ1) is 14.4. The van der Waals surface area contributed by atoms with Crippen LogP contribution in [0.1, 0.15) is 55.1 Å². The van der Waals surface area contributed by atoms with Gasteiger partial charge in [0.1, 0.15) is 0 Å². The van der Waals surface area contributed by atoms with Crippen molar-refractivity contribution in [3.05, 3.63) is 35.5 Å². The molecule has 1 N–H and O–H groups in total. The molecular formula is C22H30N4O3S. The van der Waals surface area contributed by atoms with Crippen molar-refractivity contribution in [3.8, 4) is 11.3 Å². The van der Waals surface area contributed by atoms with Crippen LogP contribution in [-0.2, 0) is 22.6 Å². The summed E-state index contributed by atoms with van der Waals surface area (Å²) in [7, 11) is -1.73. The number of likely N-dealkylation sites (tertiary alicyclic amines) is 1. The highest BCUT2D eigenvalue weighted by atomic mass is 32.2. The number of hydrogen-bond acceptors (Lipinski definition) is 5. The third-order valence-corrected chi connectivity index (χ3v) is 7.99. The van der Waals surface area contributed by atoms with Gasteiger partial charge in [0.15, 0.2) is 15.5 Å². The lowest BCUT2D eigenvalue weighted by atomic mass is 10.00. The van der Waals surface area contributed by atoms with Gasteiger partial charge in [-0.05, 0) is 38.3 Å². The van der Waals surface area contributed by atoms with Gasteiger partial charge in [-0.2, -0.15) is 5.10 Å². The molecule has 1 fully saturated rings. The van der Waals surface area contributed by atoms with E-state index >= 15 is 0 Å². The highest BCUT2D eigenvalue weighted by molar-refractivity contribution is 7.90. The molecule has 4 rings (SSSR count). The van der Waals surface area contributed by atoms with Crippen molar-refractivity contribution in [2.75, 3.05) is 19.6 Å². The largest absolute Gasteiger partial charge is 0.351 e. The third-order valence-electron chi connectivity index (χ3n) is 6.30. The van der Waals surface area contributed by atoms with Gasteiger partial charge in [-0.25, -0.2) is 8.42 Å². The smallest absolute Gasteiger partial charge is 0.272 e. The molecule has 7 nitrogen and oxygen atoms in total. The molecule has 0 aliphatic carbocycles. The van der Waals surface area contributed by atoms with Crippen LogP contribution in [0.4, 0.5) is 0 Å². The molecule has 0 spiro atoms. The van der Waals surface area contributed by atoms with Gasteiger partial charge in [-0.3, -0.25) is 9.48 Å². The first kappa shape index (κ1) is 21.1. The molecule has 1 amide bonds. The SMILES string of the molecule is CC[C@@H]1CCCCN1CCCNC(=O)c1nn(C)c2c1CS(=O)(=O)c1ccccc1-2. The lowest BCUT2D eigenvalue weighted by Gasteiger charge is -2.35. The Kier molecular flexibility index (Phi) is 5.97. The summed E-state index contributed by atoms with van der Waals surface area (Å²) in [4.78, 5) is 15.7. The number of hydrogen-bond donors (Lipinski definition) is 1. The quantitative estimate of drug-likeness (QED) is 0.713. The second-order valence-corrected chi connectivity index (χ2v) is 10.2. The molecule has 1 atom stereocenters. The number of nitrogens with zero attached hydrogens (tertiary/aromatic N) is 3. The predicted octanol–water partition coefficient (Wildman–Crippen LogP) is 2.76. The summed E-state index contributed by atoms with van der Waals surface area (Å²) in [6, 6.07) is 7.57. The Labute approximate surface area is 178 Å². The number of piperidine rings is 1. The molecule has 3 heterocycles. The van der Waals surface area contributed by atoms with E-state index in [-0.39, 0.29) is 17.4 Å². The molecular weight excluding hydrogens is 400 g/mol. The number of carbonyl (C=O) groups is 1. The van der Waals surface area contributed by atoms with Crippen LogP contribution in [0, 0.1) is 0 Å². The average Bonchev–Trinajstić information content (AvgIpc) is 3.07. The first-order valence-electron chi connectivity index (χ1n) is 10.8. The molecule has 2 aromatic rings. The standard InChI is InChI=1S/C22H30N4O3S/c1-3-16-9-6-7-13-26(16)14-8-12-23-22(27)20-18-15-30(28,29)19-11-5-4-10-17(19)21(18)25(2)24-20/h4-5,10-11,16H,3,6-9,12-15H2,1-2H3,(H,23,27)/t16-/m1/s1. The molecule has 162 valence electrons. The van der Waals surface area contributed by atoms with E-state index in [9.17, 15) is 13.2 Å². The maximum Gasteiger partial charge on any atom is 0.272 e. The Hall–Kier alpha value is -2.19. The minimum absolute atomic E-state index is 0.193. The topological polar surface area (TPSA) is 84.3 Å². The molecule has 0 bridgehead atoms. The van der Waals surface area contributed by atoms with E-state index in [4.69, 9.17) is 0 Å².